The molecule has 0 radical (unpaired) electrons. The molecule has 0 aromatic heterocycles. The van der Waals surface area contributed by atoms with Gasteiger partial charge in [0.1, 0.15) is 24.3 Å². The standard InChI is InChI=1S/C18H19F2NO4/c19-13-6-7-14(15(20)10-13)17(23)16(22)8-9-21-18(24)25-11-12-4-2-1-3-5-12/h1-7,10,16-17,22-23H,8-9,11H2,(H,21,24). The van der Waals surface area contributed by atoms with Gasteiger partial charge in [0.2, 0.25) is 0 Å². The Morgan fingerprint density at radius 2 is 1.84 bits per heavy atom. The van der Waals surface area contributed by atoms with Crippen molar-refractivity contribution in [3.05, 3.63) is 71.3 Å². The molecule has 0 aliphatic heterocycles. The average molecular weight is 351 g/mol. The van der Waals surface area contributed by atoms with Crippen molar-refractivity contribution >= 4 is 6.09 Å². The van der Waals surface area contributed by atoms with Crippen LogP contribution in [0.1, 0.15) is 23.7 Å². The maximum atomic E-state index is 13.6. The highest BCUT2D eigenvalue weighted by Crippen LogP contribution is 2.22. The van der Waals surface area contributed by atoms with Crippen LogP contribution in [-0.2, 0) is 11.3 Å². The minimum Gasteiger partial charge on any atom is -0.445 e. The molecule has 0 aliphatic carbocycles. The van der Waals surface area contributed by atoms with E-state index in [9.17, 15) is 23.8 Å². The fourth-order valence-electron chi connectivity index (χ4n) is 2.20. The Morgan fingerprint density at radius 3 is 2.52 bits per heavy atom. The Labute approximate surface area is 143 Å². The van der Waals surface area contributed by atoms with E-state index in [1.54, 1.807) is 0 Å². The number of ether oxygens (including phenoxy) is 1. The molecule has 2 aromatic rings. The lowest BCUT2D eigenvalue weighted by atomic mass is 10.0. The summed E-state index contributed by atoms with van der Waals surface area (Å²) in [6.45, 7) is 0.132. The normalized spacial score (nSPS) is 13.1. The van der Waals surface area contributed by atoms with Gasteiger partial charge in [0.25, 0.3) is 0 Å². The molecule has 5 nitrogen and oxygen atoms in total. The van der Waals surface area contributed by atoms with Crippen LogP contribution >= 0.6 is 0 Å². The van der Waals surface area contributed by atoms with E-state index >= 15 is 0 Å². The summed E-state index contributed by atoms with van der Waals surface area (Å²) in [6.07, 6.45) is -3.55. The Morgan fingerprint density at radius 1 is 1.12 bits per heavy atom. The monoisotopic (exact) mass is 351 g/mol. The lowest BCUT2D eigenvalue weighted by Gasteiger charge is -2.19. The smallest absolute Gasteiger partial charge is 0.407 e. The van der Waals surface area contributed by atoms with Crippen molar-refractivity contribution in [2.24, 2.45) is 0 Å². The Kier molecular flexibility index (Phi) is 6.85. The van der Waals surface area contributed by atoms with Gasteiger partial charge in [-0.25, -0.2) is 13.6 Å². The molecule has 0 saturated carbocycles. The van der Waals surface area contributed by atoms with Gasteiger partial charge in [-0.3, -0.25) is 0 Å². The molecule has 0 spiro atoms. The average Bonchev–Trinajstić information content (AvgIpc) is 2.60. The topological polar surface area (TPSA) is 78.8 Å². The third-order valence-electron chi connectivity index (χ3n) is 3.57. The van der Waals surface area contributed by atoms with Crippen molar-refractivity contribution in [1.82, 2.24) is 5.32 Å². The molecule has 25 heavy (non-hydrogen) atoms. The third kappa shape index (κ3) is 5.81. The minimum absolute atomic E-state index is 0.0225. The van der Waals surface area contributed by atoms with E-state index in [-0.39, 0.29) is 25.1 Å². The zero-order chi connectivity index (χ0) is 18.2. The van der Waals surface area contributed by atoms with Crippen molar-refractivity contribution in [1.29, 1.82) is 0 Å². The summed E-state index contributed by atoms with van der Waals surface area (Å²) in [5, 5.41) is 22.2. The van der Waals surface area contributed by atoms with Gasteiger partial charge in [-0.2, -0.15) is 0 Å². The van der Waals surface area contributed by atoms with Gasteiger partial charge in [0.05, 0.1) is 6.10 Å². The first-order chi connectivity index (χ1) is 12.0. The summed E-state index contributed by atoms with van der Waals surface area (Å²) in [7, 11) is 0. The van der Waals surface area contributed by atoms with Crippen LogP contribution in [0.15, 0.2) is 48.5 Å². The number of carbonyl (C=O) groups is 1. The van der Waals surface area contributed by atoms with E-state index in [1.807, 2.05) is 30.3 Å². The number of amides is 1. The zero-order valence-electron chi connectivity index (χ0n) is 13.4. The van der Waals surface area contributed by atoms with Crippen LogP contribution in [0.4, 0.5) is 13.6 Å². The number of rotatable bonds is 7. The molecule has 0 saturated heterocycles. The first kappa shape index (κ1) is 18.8. The van der Waals surface area contributed by atoms with Crippen molar-refractivity contribution in [2.75, 3.05) is 6.54 Å². The number of carbonyl (C=O) groups excluding carboxylic acids is 1. The Hall–Kier alpha value is -2.51. The van der Waals surface area contributed by atoms with Crippen molar-refractivity contribution in [2.45, 2.75) is 25.2 Å². The van der Waals surface area contributed by atoms with Gasteiger partial charge >= 0.3 is 6.09 Å². The Bertz CT molecular complexity index is 697. The van der Waals surface area contributed by atoms with Gasteiger partial charge < -0.3 is 20.3 Å². The molecule has 0 aliphatic rings. The highest BCUT2D eigenvalue weighted by Gasteiger charge is 2.21. The second-order valence-corrected chi connectivity index (χ2v) is 5.46. The van der Waals surface area contributed by atoms with Crippen LogP contribution in [0, 0.1) is 11.6 Å². The summed E-state index contributed by atoms with van der Waals surface area (Å²) >= 11 is 0. The summed E-state index contributed by atoms with van der Waals surface area (Å²) in [5.41, 5.74) is 0.625. The molecule has 1 amide bonds. The number of hydrogen-bond donors (Lipinski definition) is 3. The first-order valence-corrected chi connectivity index (χ1v) is 7.73. The third-order valence-corrected chi connectivity index (χ3v) is 3.57. The lowest BCUT2D eigenvalue weighted by molar-refractivity contribution is 0.0115. The largest absolute Gasteiger partial charge is 0.445 e. The van der Waals surface area contributed by atoms with E-state index < -0.39 is 29.9 Å². The fourth-order valence-corrected chi connectivity index (χ4v) is 2.20. The van der Waals surface area contributed by atoms with Crippen LogP contribution in [0.25, 0.3) is 0 Å². The van der Waals surface area contributed by atoms with Crippen LogP contribution in [0.2, 0.25) is 0 Å². The lowest BCUT2D eigenvalue weighted by Crippen LogP contribution is -2.30. The SMILES string of the molecule is O=C(NCCC(O)C(O)c1ccc(F)cc1F)OCc1ccccc1. The number of benzene rings is 2. The van der Waals surface area contributed by atoms with E-state index in [2.05, 4.69) is 5.32 Å². The second-order valence-electron chi connectivity index (χ2n) is 5.46. The minimum atomic E-state index is -1.53. The number of nitrogens with one attached hydrogen (secondary N) is 1. The summed E-state index contributed by atoms with van der Waals surface area (Å²) in [5.74, 6) is -1.72. The summed E-state index contributed by atoms with van der Waals surface area (Å²) in [6, 6.07) is 11.8. The molecular weight excluding hydrogens is 332 g/mol. The number of alkyl carbamates (subject to hydrolysis) is 1. The highest BCUT2D eigenvalue weighted by molar-refractivity contribution is 5.67. The maximum absolute atomic E-state index is 13.6. The van der Waals surface area contributed by atoms with E-state index in [4.69, 9.17) is 4.74 Å². The molecule has 0 bridgehead atoms. The van der Waals surface area contributed by atoms with Crippen molar-refractivity contribution in [3.63, 3.8) is 0 Å². The van der Waals surface area contributed by atoms with Gasteiger partial charge in [-0.15, -0.1) is 0 Å². The van der Waals surface area contributed by atoms with Gasteiger partial charge in [-0.1, -0.05) is 36.4 Å². The van der Waals surface area contributed by atoms with Gasteiger partial charge in [-0.05, 0) is 18.1 Å². The molecule has 2 atom stereocenters. The quantitative estimate of drug-likeness (QED) is 0.717. The van der Waals surface area contributed by atoms with Crippen LogP contribution in [0.3, 0.4) is 0 Å². The van der Waals surface area contributed by atoms with Crippen LogP contribution in [-0.4, -0.2) is 29.0 Å². The predicted octanol–water partition coefficient (Wildman–Crippen LogP) is 2.68. The van der Waals surface area contributed by atoms with Crippen molar-refractivity contribution < 1.29 is 28.5 Å². The zero-order valence-corrected chi connectivity index (χ0v) is 13.4. The summed E-state index contributed by atoms with van der Waals surface area (Å²) in [4.78, 5) is 11.6. The van der Waals surface area contributed by atoms with E-state index in [0.29, 0.717) is 6.07 Å². The van der Waals surface area contributed by atoms with E-state index in [0.717, 1.165) is 17.7 Å². The molecular formula is C18H19F2NO4. The van der Waals surface area contributed by atoms with Gasteiger partial charge in [0, 0.05) is 18.2 Å². The number of aliphatic hydroxyl groups is 2. The summed E-state index contributed by atoms with van der Waals surface area (Å²) < 4.78 is 31.4. The number of hydrogen-bond acceptors (Lipinski definition) is 4. The van der Waals surface area contributed by atoms with Crippen molar-refractivity contribution in [3.8, 4) is 0 Å². The second kappa shape index (κ2) is 9.10. The molecule has 0 fully saturated rings. The molecule has 3 N–H and O–H groups in total. The molecule has 2 unspecified atom stereocenters. The molecule has 0 heterocycles. The molecule has 2 aromatic carbocycles. The number of aliphatic hydroxyl groups excluding tert-OH is 2. The first-order valence-electron chi connectivity index (χ1n) is 7.73. The van der Waals surface area contributed by atoms with Crippen LogP contribution in [0.5, 0.6) is 0 Å². The molecule has 2 rings (SSSR count). The van der Waals surface area contributed by atoms with Gasteiger partial charge in [0.15, 0.2) is 0 Å². The van der Waals surface area contributed by atoms with E-state index in [1.165, 1.54) is 0 Å². The van der Waals surface area contributed by atoms with Crippen LogP contribution < -0.4 is 5.32 Å². The molecule has 134 valence electrons. The Balaban J connectivity index is 1.74. The maximum Gasteiger partial charge on any atom is 0.407 e. The predicted molar refractivity (Wildman–Crippen MR) is 86.6 cm³/mol. The number of halogens is 2. The highest BCUT2D eigenvalue weighted by atomic mass is 19.1. The fraction of sp³-hybridized carbons (Fsp3) is 0.278. The molecule has 7 heteroatoms.